The topological polar surface area (TPSA) is 69.6 Å². The molecule has 0 fully saturated rings. The second-order valence-corrected chi connectivity index (χ2v) is 5.06. The summed E-state index contributed by atoms with van der Waals surface area (Å²) in [6.07, 6.45) is 0. The first-order valence-corrected chi connectivity index (χ1v) is 5.94. The Bertz CT molecular complexity index is 626. The van der Waals surface area contributed by atoms with E-state index in [1.807, 2.05) is 18.2 Å². The number of hydrazine groups is 2. The second kappa shape index (κ2) is 3.35. The molecule has 0 aromatic heterocycles. The van der Waals surface area contributed by atoms with Crippen molar-refractivity contribution in [3.8, 4) is 5.75 Å². The fourth-order valence-electron chi connectivity index (χ4n) is 2.05. The van der Waals surface area contributed by atoms with Crippen LogP contribution in [0.4, 0.5) is 11.4 Å². The maximum absolute atomic E-state index is 9.96. The average molecular weight is 222 g/mol. The zero-order chi connectivity index (χ0) is 11.3. The van der Waals surface area contributed by atoms with Crippen molar-refractivity contribution in [3.63, 3.8) is 0 Å². The summed E-state index contributed by atoms with van der Waals surface area (Å²) in [5.41, 5.74) is 16.2. The Labute approximate surface area is 109 Å². The van der Waals surface area contributed by atoms with Crippen LogP contribution in [0.1, 0.15) is 0 Å². The molecule has 0 atom stereocenters. The third-order valence-electron chi connectivity index (χ3n) is 2.69. The zero-order valence-corrected chi connectivity index (χ0v) is 10.7. The van der Waals surface area contributed by atoms with Gasteiger partial charge in [-0.2, -0.15) is 0 Å². The third kappa shape index (κ3) is 1.36. The Morgan fingerprint density at radius 2 is 2.06 bits per heavy atom. The first-order valence-electron chi connectivity index (χ1n) is 4.94. The number of phenols is 1. The first-order chi connectivity index (χ1) is 7.65. The molecule has 3 N–H and O–H groups in total. The summed E-state index contributed by atoms with van der Waals surface area (Å²) >= 11 is 0.895. The number of hydrogen-bond acceptors (Lipinski definition) is 1. The van der Waals surface area contributed by atoms with Gasteiger partial charge >= 0.3 is 109 Å². The fraction of sp³-hybridized carbons (Fsp3) is 0. The molecule has 0 bridgehead atoms. The molecule has 1 heterocycles. The van der Waals surface area contributed by atoms with Gasteiger partial charge in [0.2, 0.25) is 0 Å². The number of anilines is 2. The monoisotopic (exact) mass is 222 g/mol. The van der Waals surface area contributed by atoms with E-state index in [0.29, 0.717) is 5.69 Å². The minimum atomic E-state index is 0.240. The van der Waals surface area contributed by atoms with Crippen LogP contribution in [0.2, 0.25) is 0 Å². The predicted molar refractivity (Wildman–Crippen MR) is 61.9 cm³/mol. The Morgan fingerprint density at radius 3 is 2.88 bits per heavy atom. The van der Waals surface area contributed by atoms with Crippen molar-refractivity contribution in [3.05, 3.63) is 29.8 Å². The summed E-state index contributed by atoms with van der Waals surface area (Å²) in [4.78, 5) is 0.776. The molecule has 0 unspecified atom stereocenters. The molecule has 1 aliphatic rings. The third-order valence-corrected chi connectivity index (χ3v) is 3.26. The molecular weight excluding hydrogens is 215 g/mol. The number of nitrogens with one attached hydrogen (secondary N) is 2. The first kappa shape index (κ1) is 9.89. The molecule has 2 aromatic carbocycles. The van der Waals surface area contributed by atoms with E-state index in [-0.39, 0.29) is 5.75 Å². The summed E-state index contributed by atoms with van der Waals surface area (Å²) < 4.78 is 1.14. The Hall–Kier alpha value is -1.30. The van der Waals surface area contributed by atoms with Gasteiger partial charge in [-0.25, -0.2) is 0 Å². The van der Waals surface area contributed by atoms with Crippen molar-refractivity contribution in [1.82, 2.24) is 0 Å². The van der Waals surface area contributed by atoms with Crippen molar-refractivity contribution >= 4 is 52.9 Å². The summed E-state index contributed by atoms with van der Waals surface area (Å²) in [5.74, 6) is 0.240. The van der Waals surface area contributed by atoms with E-state index in [1.54, 1.807) is 6.07 Å². The number of fused-ring (bicyclic) bond motifs is 3. The molecule has 0 radical (unpaired) electrons. The molecule has 0 saturated heterocycles. The normalized spacial score (nSPS) is 13.5. The van der Waals surface area contributed by atoms with Gasteiger partial charge in [0.15, 0.2) is 0 Å². The van der Waals surface area contributed by atoms with Crippen LogP contribution in [-0.4, -0.2) is 38.0 Å². The van der Waals surface area contributed by atoms with E-state index in [0.717, 1.165) is 52.1 Å². The Morgan fingerprint density at radius 1 is 1.25 bits per heavy atom. The average Bonchev–Trinajstić information content (AvgIpc) is 2.56. The number of hydrogen-bond donors (Lipinski definition) is 3. The number of phenolic OH excluding ortho intramolecular Hbond substituents is 1. The molecule has 74 valence electrons. The number of rotatable bonds is 0. The van der Waals surface area contributed by atoms with Crippen molar-refractivity contribution in [2.45, 2.75) is 0 Å². The maximum atomic E-state index is 9.96. The van der Waals surface area contributed by atoms with Gasteiger partial charge in [-0.1, -0.05) is 0 Å². The second-order valence-electron chi connectivity index (χ2n) is 3.91. The molecule has 2 aromatic rings. The summed E-state index contributed by atoms with van der Waals surface area (Å²) in [5, 5.41) is 11.6. The van der Waals surface area contributed by atoms with Crippen molar-refractivity contribution in [1.29, 1.82) is 0 Å². The van der Waals surface area contributed by atoms with E-state index < -0.39 is 0 Å². The molecular formula is C10H7N4NaO. The van der Waals surface area contributed by atoms with Gasteiger partial charge in [0.05, 0.1) is 0 Å². The molecule has 0 spiro atoms. The van der Waals surface area contributed by atoms with Crippen LogP contribution in [0.25, 0.3) is 16.3 Å². The van der Waals surface area contributed by atoms with Gasteiger partial charge in [0.25, 0.3) is 0 Å². The molecule has 0 amide bonds. The zero-order valence-electron chi connectivity index (χ0n) is 8.65. The molecule has 5 nitrogen and oxygen atoms in total. The van der Waals surface area contributed by atoms with Gasteiger partial charge < -0.3 is 0 Å². The molecule has 16 heavy (non-hydrogen) atoms. The predicted octanol–water partition coefficient (Wildman–Crippen LogP) is 1.04. The van der Waals surface area contributed by atoms with Crippen molar-refractivity contribution in [2.24, 2.45) is 0 Å². The SMILES string of the molecule is [N-]=[N+]1Nc2ccc3c[c]([Na])cc(O)c3c2N1. The van der Waals surface area contributed by atoms with Gasteiger partial charge in [-0.05, 0) is 0 Å². The molecule has 6 heteroatoms. The summed E-state index contributed by atoms with van der Waals surface area (Å²) in [6.45, 7) is 0. The quantitative estimate of drug-likeness (QED) is 0.460. The van der Waals surface area contributed by atoms with Crippen molar-refractivity contribution in [2.75, 3.05) is 10.9 Å². The van der Waals surface area contributed by atoms with Crippen LogP contribution < -0.4 is 13.7 Å². The van der Waals surface area contributed by atoms with E-state index in [9.17, 15) is 10.6 Å². The van der Waals surface area contributed by atoms with E-state index in [1.165, 1.54) is 0 Å². The van der Waals surface area contributed by atoms with Gasteiger partial charge in [-0.15, -0.1) is 0 Å². The Balaban J connectivity index is 2.41. The number of nitrogens with zero attached hydrogens (tertiary/aromatic N) is 2. The van der Waals surface area contributed by atoms with E-state index in [2.05, 4.69) is 10.9 Å². The van der Waals surface area contributed by atoms with Crippen LogP contribution >= 0.6 is 0 Å². The van der Waals surface area contributed by atoms with Gasteiger partial charge in [0, 0.05) is 0 Å². The van der Waals surface area contributed by atoms with Crippen LogP contribution in [0.5, 0.6) is 5.75 Å². The molecule has 0 saturated carbocycles. The van der Waals surface area contributed by atoms with Gasteiger partial charge in [0.1, 0.15) is 0 Å². The van der Waals surface area contributed by atoms with E-state index in [4.69, 9.17) is 0 Å². The fourth-order valence-corrected chi connectivity index (χ4v) is 2.63. The van der Waals surface area contributed by atoms with Crippen LogP contribution in [0.3, 0.4) is 0 Å². The molecule has 0 aliphatic carbocycles. The van der Waals surface area contributed by atoms with Crippen molar-refractivity contribution < 1.29 is 10.0 Å². The standard InChI is InChI=1S/C10H7N4O.Na/c11-14-12-7-5-4-6-2-1-3-8(15)9(6)10(7)13-14;/h2-5,12-13,15H;. The van der Waals surface area contributed by atoms with E-state index >= 15 is 0 Å². The van der Waals surface area contributed by atoms with Crippen LogP contribution in [0.15, 0.2) is 24.3 Å². The van der Waals surface area contributed by atoms with Crippen LogP contribution in [-0.2, 0) is 0 Å². The summed E-state index contributed by atoms with van der Waals surface area (Å²) in [7, 11) is 0. The number of benzene rings is 2. The van der Waals surface area contributed by atoms with Crippen LogP contribution in [0, 0.1) is 0 Å². The minimum absolute atomic E-state index is 0.240. The molecule has 3 rings (SSSR count). The van der Waals surface area contributed by atoms with Gasteiger partial charge in [-0.3, -0.25) is 0 Å². The number of aromatic hydroxyl groups is 1. The Kier molecular flexibility index (Phi) is 2.07. The molecule has 1 aliphatic heterocycles. The summed E-state index contributed by atoms with van der Waals surface area (Å²) in [6, 6.07) is 7.59.